The Hall–Kier alpha value is -0.760. The molecule has 1 aromatic rings. The molecule has 1 aromatic carbocycles. The lowest BCUT2D eigenvalue weighted by molar-refractivity contribution is 0.309. The first-order valence-corrected chi connectivity index (χ1v) is 4.69. The molecule has 3 heteroatoms. The molecule has 0 bridgehead atoms. The minimum absolute atomic E-state index is 0.106. The van der Waals surface area contributed by atoms with Crippen molar-refractivity contribution in [2.75, 3.05) is 6.61 Å². The average Bonchev–Trinajstić information content (AvgIpc) is 2.12. The van der Waals surface area contributed by atoms with E-state index in [9.17, 15) is 4.39 Å². The highest BCUT2D eigenvalue weighted by molar-refractivity contribution is 6.30. The van der Waals surface area contributed by atoms with E-state index in [1.165, 1.54) is 12.1 Å². The number of halogens is 2. The lowest BCUT2D eigenvalue weighted by atomic mass is 10.3. The highest BCUT2D eigenvalue weighted by Gasteiger charge is 2.00. The Labute approximate surface area is 82.5 Å². The highest BCUT2D eigenvalue weighted by Crippen LogP contribution is 2.21. The molecule has 0 atom stereocenters. The van der Waals surface area contributed by atoms with Crippen molar-refractivity contribution >= 4 is 11.6 Å². The molecule has 0 spiro atoms. The third-order valence-corrected chi connectivity index (χ3v) is 1.95. The summed E-state index contributed by atoms with van der Waals surface area (Å²) < 4.78 is 18.0. The number of rotatable bonds is 4. The summed E-state index contributed by atoms with van der Waals surface area (Å²) in [7, 11) is 0. The smallest absolute Gasteiger partial charge is 0.142 e. The van der Waals surface area contributed by atoms with Crippen molar-refractivity contribution < 1.29 is 9.13 Å². The fourth-order valence-corrected chi connectivity index (χ4v) is 1.07. The van der Waals surface area contributed by atoms with Crippen molar-refractivity contribution in [2.24, 2.45) is 0 Å². The van der Waals surface area contributed by atoms with Gasteiger partial charge in [0.05, 0.1) is 11.6 Å². The highest BCUT2D eigenvalue weighted by atomic mass is 35.5. The molecule has 0 aliphatic heterocycles. The molecule has 0 fully saturated rings. The number of benzene rings is 1. The Morgan fingerprint density at radius 1 is 1.46 bits per heavy atom. The van der Waals surface area contributed by atoms with E-state index in [2.05, 4.69) is 6.92 Å². The Morgan fingerprint density at radius 3 is 2.85 bits per heavy atom. The minimum atomic E-state index is -0.412. The summed E-state index contributed by atoms with van der Waals surface area (Å²) in [6.45, 7) is 2.74. The molecule has 0 saturated heterocycles. The third kappa shape index (κ3) is 3.23. The first kappa shape index (κ1) is 10.3. The van der Waals surface area contributed by atoms with Crippen molar-refractivity contribution in [1.29, 1.82) is 0 Å². The quantitative estimate of drug-likeness (QED) is 0.678. The van der Waals surface area contributed by atoms with E-state index < -0.39 is 5.82 Å². The third-order valence-electron chi connectivity index (χ3n) is 1.66. The van der Waals surface area contributed by atoms with E-state index in [1.807, 2.05) is 0 Å². The molecule has 1 rings (SSSR count). The molecule has 0 heterocycles. The molecule has 72 valence electrons. The van der Waals surface area contributed by atoms with Crippen molar-refractivity contribution in [3.63, 3.8) is 0 Å². The zero-order chi connectivity index (χ0) is 9.68. The maximum Gasteiger partial charge on any atom is 0.142 e. The van der Waals surface area contributed by atoms with Gasteiger partial charge in [-0.2, -0.15) is 0 Å². The molecule has 0 aromatic heterocycles. The maximum absolute atomic E-state index is 12.7. The van der Waals surface area contributed by atoms with Gasteiger partial charge >= 0.3 is 0 Å². The van der Waals surface area contributed by atoms with Gasteiger partial charge in [0.2, 0.25) is 0 Å². The van der Waals surface area contributed by atoms with Crippen molar-refractivity contribution in [2.45, 2.75) is 19.8 Å². The molecule has 0 aliphatic rings. The van der Waals surface area contributed by atoms with Crippen LogP contribution < -0.4 is 4.74 Å². The van der Waals surface area contributed by atoms with Crippen LogP contribution in [0.15, 0.2) is 18.2 Å². The summed E-state index contributed by atoms with van der Waals surface area (Å²) in [6.07, 6.45) is 2.07. The summed E-state index contributed by atoms with van der Waals surface area (Å²) >= 11 is 5.57. The second-order valence-corrected chi connectivity index (χ2v) is 3.19. The van der Waals surface area contributed by atoms with Crippen LogP contribution in [0, 0.1) is 5.82 Å². The fourth-order valence-electron chi connectivity index (χ4n) is 0.901. The lowest BCUT2D eigenvalue weighted by Crippen LogP contribution is -1.96. The number of ether oxygens (including phenoxy) is 1. The van der Waals surface area contributed by atoms with Crippen LogP contribution in [0.4, 0.5) is 4.39 Å². The van der Waals surface area contributed by atoms with Gasteiger partial charge in [-0.3, -0.25) is 0 Å². The van der Waals surface area contributed by atoms with Crippen LogP contribution in [0.5, 0.6) is 5.75 Å². The second-order valence-electron chi connectivity index (χ2n) is 2.78. The van der Waals surface area contributed by atoms with Gasteiger partial charge in [-0.15, -0.1) is 0 Å². The van der Waals surface area contributed by atoms with Gasteiger partial charge in [0.25, 0.3) is 0 Å². The van der Waals surface area contributed by atoms with E-state index in [4.69, 9.17) is 16.3 Å². The zero-order valence-electron chi connectivity index (χ0n) is 7.52. The molecule has 0 radical (unpaired) electrons. The summed E-state index contributed by atoms with van der Waals surface area (Å²) in [5.41, 5.74) is 0. The molecule has 0 amide bonds. The van der Waals surface area contributed by atoms with Gasteiger partial charge in [-0.25, -0.2) is 4.39 Å². The van der Waals surface area contributed by atoms with Crippen LogP contribution in [0.25, 0.3) is 0 Å². The van der Waals surface area contributed by atoms with E-state index >= 15 is 0 Å². The molecule has 0 N–H and O–H groups in total. The topological polar surface area (TPSA) is 9.23 Å². The summed E-state index contributed by atoms with van der Waals surface area (Å²) in [5.74, 6) is 0.212. The van der Waals surface area contributed by atoms with E-state index in [-0.39, 0.29) is 5.02 Å². The van der Waals surface area contributed by atoms with Gasteiger partial charge < -0.3 is 4.74 Å². The van der Waals surface area contributed by atoms with E-state index in [0.29, 0.717) is 12.4 Å². The maximum atomic E-state index is 12.7. The lowest BCUT2D eigenvalue weighted by Gasteiger charge is -2.05. The van der Waals surface area contributed by atoms with Crippen molar-refractivity contribution in [3.8, 4) is 5.75 Å². The van der Waals surface area contributed by atoms with Crippen LogP contribution in [0.3, 0.4) is 0 Å². The number of hydrogen-bond acceptors (Lipinski definition) is 1. The second kappa shape index (κ2) is 5.07. The Morgan fingerprint density at radius 2 is 2.23 bits per heavy atom. The molecular weight excluding hydrogens is 191 g/mol. The van der Waals surface area contributed by atoms with Crippen LogP contribution in [0.1, 0.15) is 19.8 Å². The predicted octanol–water partition coefficient (Wildman–Crippen LogP) is 3.66. The van der Waals surface area contributed by atoms with Gasteiger partial charge in [0, 0.05) is 6.07 Å². The molecule has 0 saturated carbocycles. The normalized spacial score (nSPS) is 10.1. The Kier molecular flexibility index (Phi) is 4.03. The average molecular weight is 203 g/mol. The predicted molar refractivity (Wildman–Crippen MR) is 51.8 cm³/mol. The Balaban J connectivity index is 2.53. The number of hydrogen-bond donors (Lipinski definition) is 0. The molecule has 13 heavy (non-hydrogen) atoms. The van der Waals surface area contributed by atoms with Gasteiger partial charge in [-0.05, 0) is 18.6 Å². The Bertz CT molecular complexity index is 276. The van der Waals surface area contributed by atoms with Gasteiger partial charge in [0.1, 0.15) is 11.6 Å². The van der Waals surface area contributed by atoms with Gasteiger partial charge in [-0.1, -0.05) is 24.9 Å². The van der Waals surface area contributed by atoms with Gasteiger partial charge in [0.15, 0.2) is 0 Å². The summed E-state index contributed by atoms with van der Waals surface area (Å²) in [6, 6.07) is 4.38. The summed E-state index contributed by atoms with van der Waals surface area (Å²) in [5, 5.41) is 0.106. The van der Waals surface area contributed by atoms with Crippen LogP contribution in [0.2, 0.25) is 5.02 Å². The molecule has 1 nitrogen and oxygen atoms in total. The van der Waals surface area contributed by atoms with E-state index in [1.54, 1.807) is 6.07 Å². The molecule has 0 aliphatic carbocycles. The van der Waals surface area contributed by atoms with Crippen LogP contribution in [-0.4, -0.2) is 6.61 Å². The van der Waals surface area contributed by atoms with Crippen LogP contribution >= 0.6 is 11.6 Å². The van der Waals surface area contributed by atoms with Crippen molar-refractivity contribution in [3.05, 3.63) is 29.0 Å². The molecule has 0 unspecified atom stereocenters. The fraction of sp³-hybridized carbons (Fsp3) is 0.400. The van der Waals surface area contributed by atoms with Crippen LogP contribution in [-0.2, 0) is 0 Å². The zero-order valence-corrected chi connectivity index (χ0v) is 8.27. The van der Waals surface area contributed by atoms with E-state index in [0.717, 1.165) is 12.8 Å². The molecular formula is C10H12ClFO. The minimum Gasteiger partial charge on any atom is -0.494 e. The standard InChI is InChI=1S/C10H12ClFO/c1-2-3-6-13-8-4-5-10(12)9(11)7-8/h4-5,7H,2-3,6H2,1H3. The van der Waals surface area contributed by atoms with Crippen molar-refractivity contribution in [1.82, 2.24) is 0 Å². The largest absolute Gasteiger partial charge is 0.494 e. The summed E-state index contributed by atoms with van der Waals surface area (Å²) in [4.78, 5) is 0. The SMILES string of the molecule is CCCCOc1ccc(F)c(Cl)c1. The monoisotopic (exact) mass is 202 g/mol. The first-order valence-electron chi connectivity index (χ1n) is 4.32. The number of unbranched alkanes of at least 4 members (excludes halogenated alkanes) is 1. The first-order chi connectivity index (χ1) is 6.24.